The molecule has 0 unspecified atom stereocenters. The Labute approximate surface area is 126 Å². The molecule has 0 saturated carbocycles. The number of hydrogen-bond donors (Lipinski definition) is 3. The smallest absolute Gasteiger partial charge is 0.188 e. The summed E-state index contributed by atoms with van der Waals surface area (Å²) >= 11 is 12.1. The first-order chi connectivity index (χ1) is 9.61. The van der Waals surface area contributed by atoms with Gasteiger partial charge in [-0.3, -0.25) is 4.98 Å². The van der Waals surface area contributed by atoms with Gasteiger partial charge in [0.15, 0.2) is 5.84 Å². The van der Waals surface area contributed by atoms with Gasteiger partial charge in [-0.15, -0.1) is 0 Å². The molecule has 5 nitrogen and oxygen atoms in total. The number of para-hydroxylation sites is 1. The molecule has 0 fully saturated rings. The van der Waals surface area contributed by atoms with E-state index in [0.717, 1.165) is 5.56 Å². The lowest BCUT2D eigenvalue weighted by Crippen LogP contribution is -2.15. The van der Waals surface area contributed by atoms with Crippen LogP contribution in [0.5, 0.6) is 0 Å². The molecule has 1 aromatic carbocycles. The molecule has 0 bridgehead atoms. The molecule has 0 amide bonds. The van der Waals surface area contributed by atoms with Crippen LogP contribution in [-0.4, -0.2) is 16.0 Å². The van der Waals surface area contributed by atoms with E-state index >= 15 is 0 Å². The van der Waals surface area contributed by atoms with Crippen LogP contribution in [0.25, 0.3) is 0 Å². The van der Waals surface area contributed by atoms with Crippen molar-refractivity contribution in [2.24, 2.45) is 10.9 Å². The highest BCUT2D eigenvalue weighted by Crippen LogP contribution is 2.30. The van der Waals surface area contributed by atoms with Crippen LogP contribution >= 0.6 is 23.2 Å². The monoisotopic (exact) mass is 310 g/mol. The number of hydrogen-bond acceptors (Lipinski definition) is 4. The fourth-order valence-corrected chi connectivity index (χ4v) is 2.16. The number of aromatic nitrogens is 1. The SMILES string of the molecule is NC(=NO)c1cc(CNc2c(Cl)cccc2Cl)ccn1. The first-order valence-corrected chi connectivity index (χ1v) is 6.48. The summed E-state index contributed by atoms with van der Waals surface area (Å²) in [5, 5.41) is 15.8. The van der Waals surface area contributed by atoms with Crippen LogP contribution in [-0.2, 0) is 6.54 Å². The average molecular weight is 311 g/mol. The summed E-state index contributed by atoms with van der Waals surface area (Å²) in [6.07, 6.45) is 1.58. The van der Waals surface area contributed by atoms with E-state index in [1.807, 2.05) is 6.07 Å². The van der Waals surface area contributed by atoms with E-state index in [0.29, 0.717) is 28.0 Å². The Balaban J connectivity index is 2.15. The van der Waals surface area contributed by atoms with Gasteiger partial charge in [0.25, 0.3) is 0 Å². The van der Waals surface area contributed by atoms with Gasteiger partial charge in [0.1, 0.15) is 5.69 Å². The van der Waals surface area contributed by atoms with Gasteiger partial charge in [0.05, 0.1) is 15.7 Å². The Morgan fingerprint density at radius 2 is 2.00 bits per heavy atom. The summed E-state index contributed by atoms with van der Waals surface area (Å²) in [6.45, 7) is 0.484. The van der Waals surface area contributed by atoms with E-state index in [1.54, 1.807) is 30.5 Å². The van der Waals surface area contributed by atoms with Gasteiger partial charge in [-0.05, 0) is 29.8 Å². The van der Waals surface area contributed by atoms with Crippen molar-refractivity contribution in [3.63, 3.8) is 0 Å². The molecule has 0 saturated heterocycles. The molecule has 104 valence electrons. The van der Waals surface area contributed by atoms with Crippen molar-refractivity contribution in [3.8, 4) is 0 Å². The Morgan fingerprint density at radius 3 is 2.65 bits per heavy atom. The van der Waals surface area contributed by atoms with Gasteiger partial charge in [0, 0.05) is 12.7 Å². The molecule has 2 rings (SSSR count). The van der Waals surface area contributed by atoms with E-state index in [4.69, 9.17) is 34.1 Å². The Hall–Kier alpha value is -1.98. The van der Waals surface area contributed by atoms with E-state index in [-0.39, 0.29) is 5.84 Å². The maximum Gasteiger partial charge on any atom is 0.188 e. The maximum atomic E-state index is 8.63. The van der Waals surface area contributed by atoms with Crippen molar-refractivity contribution in [1.82, 2.24) is 4.98 Å². The molecule has 7 heteroatoms. The van der Waals surface area contributed by atoms with Crippen molar-refractivity contribution in [2.45, 2.75) is 6.54 Å². The third-order valence-corrected chi connectivity index (χ3v) is 3.26. The summed E-state index contributed by atoms with van der Waals surface area (Å²) in [6, 6.07) is 8.81. The Morgan fingerprint density at radius 1 is 1.30 bits per heavy atom. The zero-order valence-corrected chi connectivity index (χ0v) is 11.9. The standard InChI is InChI=1S/C13H12Cl2N4O/c14-9-2-1-3-10(15)12(9)18-7-8-4-5-17-11(6-8)13(16)19-20/h1-6,18,20H,7H2,(H2,16,19). The minimum Gasteiger partial charge on any atom is -0.409 e. The molecular weight excluding hydrogens is 299 g/mol. The minimum absolute atomic E-state index is 0.0392. The van der Waals surface area contributed by atoms with Crippen molar-refractivity contribution >= 4 is 34.7 Å². The fourth-order valence-electron chi connectivity index (χ4n) is 1.63. The summed E-state index contributed by atoms with van der Waals surface area (Å²) in [4.78, 5) is 4.00. The van der Waals surface area contributed by atoms with Crippen LogP contribution in [0.1, 0.15) is 11.3 Å². The van der Waals surface area contributed by atoms with Gasteiger partial charge in [-0.1, -0.05) is 34.4 Å². The normalized spacial score (nSPS) is 11.4. The number of amidine groups is 1. The number of pyridine rings is 1. The number of nitrogens with one attached hydrogen (secondary N) is 1. The topological polar surface area (TPSA) is 83.5 Å². The quantitative estimate of drug-likeness (QED) is 0.351. The molecule has 0 atom stereocenters. The lowest BCUT2D eigenvalue weighted by Gasteiger charge is -2.10. The Kier molecular flexibility index (Phi) is 4.65. The molecule has 2 aromatic rings. The number of nitrogens with zero attached hydrogens (tertiary/aromatic N) is 2. The summed E-state index contributed by atoms with van der Waals surface area (Å²) in [5.74, 6) is -0.0392. The number of oxime groups is 1. The molecular formula is C13H12Cl2N4O. The van der Waals surface area contributed by atoms with E-state index in [9.17, 15) is 0 Å². The predicted molar refractivity (Wildman–Crippen MR) is 80.5 cm³/mol. The van der Waals surface area contributed by atoms with Gasteiger partial charge in [-0.2, -0.15) is 0 Å². The third kappa shape index (κ3) is 3.31. The molecule has 0 aliphatic carbocycles. The zero-order chi connectivity index (χ0) is 14.5. The molecule has 1 heterocycles. The van der Waals surface area contributed by atoms with Crippen LogP contribution < -0.4 is 11.1 Å². The maximum absolute atomic E-state index is 8.63. The highest BCUT2D eigenvalue weighted by Gasteiger charge is 2.06. The number of benzene rings is 1. The molecule has 4 N–H and O–H groups in total. The van der Waals surface area contributed by atoms with Gasteiger partial charge < -0.3 is 16.3 Å². The first-order valence-electron chi connectivity index (χ1n) is 5.72. The Bertz CT molecular complexity index is 626. The lowest BCUT2D eigenvalue weighted by atomic mass is 10.2. The van der Waals surface area contributed by atoms with Gasteiger partial charge in [0.2, 0.25) is 0 Å². The van der Waals surface area contributed by atoms with Crippen LogP contribution in [0.3, 0.4) is 0 Å². The van der Waals surface area contributed by atoms with Crippen molar-refractivity contribution < 1.29 is 5.21 Å². The predicted octanol–water partition coefficient (Wildman–Crippen LogP) is 3.10. The van der Waals surface area contributed by atoms with E-state index in [2.05, 4.69) is 15.5 Å². The number of anilines is 1. The first kappa shape index (κ1) is 14.4. The molecule has 1 aromatic heterocycles. The van der Waals surface area contributed by atoms with Crippen LogP contribution in [0.4, 0.5) is 5.69 Å². The summed E-state index contributed by atoms with van der Waals surface area (Å²) < 4.78 is 0. The molecule has 0 spiro atoms. The van der Waals surface area contributed by atoms with Crippen molar-refractivity contribution in [1.29, 1.82) is 0 Å². The van der Waals surface area contributed by atoms with Crippen LogP contribution in [0, 0.1) is 0 Å². The van der Waals surface area contributed by atoms with Crippen LogP contribution in [0.15, 0.2) is 41.7 Å². The van der Waals surface area contributed by atoms with Crippen molar-refractivity contribution in [3.05, 3.63) is 57.8 Å². The second-order valence-corrected chi connectivity index (χ2v) is 4.80. The van der Waals surface area contributed by atoms with E-state index < -0.39 is 0 Å². The van der Waals surface area contributed by atoms with Gasteiger partial charge >= 0.3 is 0 Å². The fraction of sp³-hybridized carbons (Fsp3) is 0.0769. The zero-order valence-electron chi connectivity index (χ0n) is 10.3. The highest BCUT2D eigenvalue weighted by molar-refractivity contribution is 6.39. The number of halogens is 2. The van der Waals surface area contributed by atoms with Crippen LogP contribution in [0.2, 0.25) is 10.0 Å². The highest BCUT2D eigenvalue weighted by atomic mass is 35.5. The number of nitrogens with two attached hydrogens (primary N) is 1. The minimum atomic E-state index is -0.0392. The van der Waals surface area contributed by atoms with Gasteiger partial charge in [-0.25, -0.2) is 0 Å². The summed E-state index contributed by atoms with van der Waals surface area (Å²) in [7, 11) is 0. The summed E-state index contributed by atoms with van der Waals surface area (Å²) in [5.41, 5.74) is 7.46. The molecule has 20 heavy (non-hydrogen) atoms. The molecule has 0 aliphatic rings. The third-order valence-electron chi connectivity index (χ3n) is 2.63. The lowest BCUT2D eigenvalue weighted by molar-refractivity contribution is 0.318. The number of rotatable bonds is 4. The molecule has 0 radical (unpaired) electrons. The second kappa shape index (κ2) is 6.45. The second-order valence-electron chi connectivity index (χ2n) is 3.98. The van der Waals surface area contributed by atoms with E-state index in [1.165, 1.54) is 0 Å². The largest absolute Gasteiger partial charge is 0.409 e. The molecule has 0 aliphatic heterocycles. The average Bonchev–Trinajstić information content (AvgIpc) is 2.46. The van der Waals surface area contributed by atoms with Crippen molar-refractivity contribution in [2.75, 3.05) is 5.32 Å².